The van der Waals surface area contributed by atoms with Gasteiger partial charge in [0.15, 0.2) is 0 Å². The Morgan fingerprint density at radius 1 is 0.947 bits per heavy atom. The third-order valence-corrected chi connectivity index (χ3v) is 7.62. The van der Waals surface area contributed by atoms with Gasteiger partial charge in [-0.3, -0.25) is 14.4 Å². The molecule has 38 heavy (non-hydrogen) atoms. The summed E-state index contributed by atoms with van der Waals surface area (Å²) in [5.74, 6) is -0.0880. The molecular formula is C30H36ClN3O4. The van der Waals surface area contributed by atoms with Gasteiger partial charge in [-0.1, -0.05) is 30.3 Å². The van der Waals surface area contributed by atoms with Gasteiger partial charge < -0.3 is 19.9 Å². The number of carbonyl (C=O) groups is 3. The van der Waals surface area contributed by atoms with Crippen LogP contribution in [0, 0.1) is 0 Å². The quantitative estimate of drug-likeness (QED) is 0.345. The average Bonchev–Trinajstić information content (AvgIpc) is 3.48. The molecule has 3 aliphatic rings. The maximum Gasteiger partial charge on any atom is 0.318 e. The minimum absolute atomic E-state index is 0. The van der Waals surface area contributed by atoms with Gasteiger partial charge in [-0.15, -0.1) is 12.4 Å². The number of esters is 1. The van der Waals surface area contributed by atoms with Crippen LogP contribution in [0.3, 0.4) is 0 Å². The van der Waals surface area contributed by atoms with E-state index in [1.54, 1.807) is 24.3 Å². The van der Waals surface area contributed by atoms with Crippen molar-refractivity contribution >= 4 is 36.3 Å². The topological polar surface area (TPSA) is 79.0 Å². The van der Waals surface area contributed by atoms with E-state index in [4.69, 9.17) is 4.74 Å². The summed E-state index contributed by atoms with van der Waals surface area (Å²) in [4.78, 5) is 42.5. The van der Waals surface area contributed by atoms with E-state index in [1.807, 2.05) is 34.1 Å². The Labute approximate surface area is 230 Å². The third-order valence-electron chi connectivity index (χ3n) is 7.62. The number of piperazine rings is 1. The Hall–Kier alpha value is -3.16. The Bertz CT molecular complexity index is 1190. The van der Waals surface area contributed by atoms with Crippen molar-refractivity contribution in [2.75, 3.05) is 39.3 Å². The minimum atomic E-state index is -0.282. The number of fused-ring (bicyclic) bond motifs is 1. The second-order valence-corrected chi connectivity index (χ2v) is 10.1. The van der Waals surface area contributed by atoms with Gasteiger partial charge in [0, 0.05) is 45.3 Å². The van der Waals surface area contributed by atoms with Crippen LogP contribution in [-0.2, 0) is 27.2 Å². The van der Waals surface area contributed by atoms with Crippen LogP contribution < -0.4 is 10.1 Å². The fourth-order valence-electron chi connectivity index (χ4n) is 5.54. The van der Waals surface area contributed by atoms with E-state index >= 15 is 0 Å². The molecule has 2 saturated heterocycles. The molecule has 1 N–H and O–H groups in total. The fraction of sp³-hybridized carbons (Fsp3) is 0.433. The lowest BCUT2D eigenvalue weighted by Crippen LogP contribution is -2.45. The van der Waals surface area contributed by atoms with Crippen molar-refractivity contribution in [3.63, 3.8) is 0 Å². The lowest BCUT2D eigenvalue weighted by molar-refractivity contribution is -0.136. The van der Waals surface area contributed by atoms with Crippen molar-refractivity contribution in [1.82, 2.24) is 15.1 Å². The lowest BCUT2D eigenvalue weighted by atomic mass is 9.83. The molecule has 5 rings (SSSR count). The van der Waals surface area contributed by atoms with Crippen molar-refractivity contribution in [3.8, 4) is 5.75 Å². The van der Waals surface area contributed by atoms with E-state index in [-0.39, 0.29) is 42.5 Å². The summed E-state index contributed by atoms with van der Waals surface area (Å²) in [7, 11) is 0. The van der Waals surface area contributed by atoms with Gasteiger partial charge in [-0.2, -0.15) is 0 Å². The number of ether oxygens (including phenoxy) is 1. The molecule has 0 bridgehead atoms. The number of hydrogen-bond donors (Lipinski definition) is 1. The highest BCUT2D eigenvalue weighted by Gasteiger charge is 2.28. The second kappa shape index (κ2) is 13.1. The first-order chi connectivity index (χ1) is 18.1. The molecule has 1 atom stereocenters. The molecule has 7 nitrogen and oxygen atoms in total. The molecule has 2 aliphatic heterocycles. The van der Waals surface area contributed by atoms with Crippen LogP contribution in [0.1, 0.15) is 53.9 Å². The van der Waals surface area contributed by atoms with Gasteiger partial charge in [0.2, 0.25) is 11.8 Å². The van der Waals surface area contributed by atoms with E-state index in [1.165, 1.54) is 5.56 Å². The molecule has 0 aromatic heterocycles. The van der Waals surface area contributed by atoms with Crippen molar-refractivity contribution in [2.45, 2.75) is 44.4 Å². The van der Waals surface area contributed by atoms with Gasteiger partial charge in [-0.25, -0.2) is 0 Å². The highest BCUT2D eigenvalue weighted by molar-refractivity contribution is 5.92. The maximum absolute atomic E-state index is 13.2. The molecule has 0 spiro atoms. The Kier molecular flexibility index (Phi) is 9.58. The number of aryl methyl sites for hydroxylation is 1. The summed E-state index contributed by atoms with van der Waals surface area (Å²) < 4.78 is 5.86. The van der Waals surface area contributed by atoms with E-state index in [9.17, 15) is 14.4 Å². The normalized spacial score (nSPS) is 19.1. The highest BCUT2D eigenvalue weighted by Crippen LogP contribution is 2.33. The summed E-state index contributed by atoms with van der Waals surface area (Å²) in [5, 5.41) is 3.25. The number of hydrogen-bond acceptors (Lipinski definition) is 5. The van der Waals surface area contributed by atoms with E-state index < -0.39 is 0 Å². The van der Waals surface area contributed by atoms with Gasteiger partial charge in [-0.05, 0) is 72.6 Å². The molecule has 0 radical (unpaired) electrons. The molecular weight excluding hydrogens is 502 g/mol. The summed E-state index contributed by atoms with van der Waals surface area (Å²) in [6, 6.07) is 13.5. The number of rotatable bonds is 6. The average molecular weight is 538 g/mol. The fourth-order valence-corrected chi connectivity index (χ4v) is 5.54. The SMILES string of the molecule is Cl.O=C(Oc1ccc(/C=C/C(=O)N2CCNCC2)c(CC(=O)N2CCCC2)c1)C1CCCc2ccccc21. The van der Waals surface area contributed by atoms with Crippen molar-refractivity contribution < 1.29 is 19.1 Å². The highest BCUT2D eigenvalue weighted by atomic mass is 35.5. The number of nitrogens with zero attached hydrogens (tertiary/aromatic N) is 2. The van der Waals surface area contributed by atoms with Crippen LogP contribution >= 0.6 is 12.4 Å². The zero-order valence-corrected chi connectivity index (χ0v) is 22.5. The standard InChI is InChI=1S/C30H35N3O4.ClH/c34-28(33-18-14-31-15-19-33)13-11-22-10-12-25(20-24(22)21-29(35)32-16-3-4-17-32)37-30(36)27-9-5-7-23-6-1-2-8-26(23)27;/h1-2,6,8,10-13,20,27,31H,3-5,7,9,14-19,21H2;1H/b13-11+;. The van der Waals surface area contributed by atoms with Crippen LogP contribution in [0.4, 0.5) is 0 Å². The molecule has 2 amide bonds. The van der Waals surface area contributed by atoms with Crippen LogP contribution in [0.2, 0.25) is 0 Å². The summed E-state index contributed by atoms with van der Waals surface area (Å²) in [6.45, 7) is 4.51. The Morgan fingerprint density at radius 2 is 1.71 bits per heavy atom. The minimum Gasteiger partial charge on any atom is -0.426 e. The Morgan fingerprint density at radius 3 is 2.50 bits per heavy atom. The van der Waals surface area contributed by atoms with Crippen molar-refractivity contribution in [1.29, 1.82) is 0 Å². The van der Waals surface area contributed by atoms with Crippen molar-refractivity contribution in [3.05, 3.63) is 70.8 Å². The summed E-state index contributed by atoms with van der Waals surface area (Å²) in [6.07, 6.45) is 8.32. The molecule has 2 fully saturated rings. The van der Waals surface area contributed by atoms with E-state index in [0.717, 1.165) is 75.0 Å². The second-order valence-electron chi connectivity index (χ2n) is 10.1. The summed E-state index contributed by atoms with van der Waals surface area (Å²) >= 11 is 0. The van der Waals surface area contributed by atoms with E-state index in [0.29, 0.717) is 18.8 Å². The number of halogens is 1. The summed E-state index contributed by atoms with van der Waals surface area (Å²) in [5.41, 5.74) is 3.81. The Balaban J connectivity index is 0.00000336. The number of benzene rings is 2. The molecule has 2 heterocycles. The molecule has 202 valence electrons. The number of carbonyl (C=O) groups excluding carboxylic acids is 3. The molecule has 0 saturated carbocycles. The van der Waals surface area contributed by atoms with Crippen LogP contribution in [0.25, 0.3) is 6.08 Å². The molecule has 2 aromatic rings. The first-order valence-electron chi connectivity index (χ1n) is 13.5. The number of likely N-dealkylation sites (tertiary alicyclic amines) is 1. The molecule has 2 aromatic carbocycles. The lowest BCUT2D eigenvalue weighted by Gasteiger charge is -2.26. The molecule has 1 aliphatic carbocycles. The predicted molar refractivity (Wildman–Crippen MR) is 149 cm³/mol. The van der Waals surface area contributed by atoms with Gasteiger partial charge >= 0.3 is 5.97 Å². The first kappa shape index (κ1) is 27.9. The van der Waals surface area contributed by atoms with Gasteiger partial charge in [0.1, 0.15) is 5.75 Å². The molecule has 8 heteroatoms. The largest absolute Gasteiger partial charge is 0.426 e. The maximum atomic E-state index is 13.2. The van der Waals surface area contributed by atoms with Gasteiger partial charge in [0.25, 0.3) is 0 Å². The van der Waals surface area contributed by atoms with Crippen LogP contribution in [-0.4, -0.2) is 66.9 Å². The predicted octanol–water partition coefficient (Wildman–Crippen LogP) is 3.74. The third kappa shape index (κ3) is 6.63. The first-order valence-corrected chi connectivity index (χ1v) is 13.5. The number of amides is 2. The number of nitrogens with one attached hydrogen (secondary N) is 1. The molecule has 1 unspecified atom stereocenters. The van der Waals surface area contributed by atoms with Gasteiger partial charge in [0.05, 0.1) is 12.3 Å². The van der Waals surface area contributed by atoms with Crippen molar-refractivity contribution in [2.24, 2.45) is 0 Å². The zero-order chi connectivity index (χ0) is 25.6. The smallest absolute Gasteiger partial charge is 0.318 e. The van der Waals surface area contributed by atoms with Crippen LogP contribution in [0.15, 0.2) is 48.5 Å². The zero-order valence-electron chi connectivity index (χ0n) is 21.7. The van der Waals surface area contributed by atoms with Crippen LogP contribution in [0.5, 0.6) is 5.75 Å². The van der Waals surface area contributed by atoms with E-state index in [2.05, 4.69) is 11.4 Å². The monoisotopic (exact) mass is 537 g/mol.